The lowest BCUT2D eigenvalue weighted by Gasteiger charge is -2.29. The quantitative estimate of drug-likeness (QED) is 0.646. The number of halogens is 2. The van der Waals surface area contributed by atoms with Crippen molar-refractivity contribution >= 4 is 29.2 Å². The molecule has 2 heterocycles. The molecule has 156 valence electrons. The normalized spacial score (nSPS) is 14.6. The largest absolute Gasteiger partial charge is 0.497 e. The second-order valence-electron chi connectivity index (χ2n) is 7.01. The van der Waals surface area contributed by atoms with Crippen LogP contribution in [0.1, 0.15) is 12.8 Å². The van der Waals surface area contributed by atoms with Crippen LogP contribution in [-0.2, 0) is 4.79 Å². The Kier molecular flexibility index (Phi) is 5.85. The molecule has 1 fully saturated rings. The van der Waals surface area contributed by atoms with Crippen molar-refractivity contribution in [3.05, 3.63) is 53.3 Å². The van der Waals surface area contributed by atoms with Crippen LogP contribution in [0.5, 0.6) is 5.75 Å². The molecule has 9 heteroatoms. The second kappa shape index (κ2) is 8.71. The summed E-state index contributed by atoms with van der Waals surface area (Å²) in [6, 6.07) is 12.0. The predicted molar refractivity (Wildman–Crippen MR) is 111 cm³/mol. The van der Waals surface area contributed by atoms with Crippen LogP contribution < -0.4 is 15.0 Å². The number of hydrogen-bond acceptors (Lipinski definition) is 6. The minimum absolute atomic E-state index is 0.0216. The van der Waals surface area contributed by atoms with Gasteiger partial charge in [0.05, 0.1) is 12.1 Å². The van der Waals surface area contributed by atoms with Gasteiger partial charge >= 0.3 is 6.01 Å². The molecule has 0 atom stereocenters. The van der Waals surface area contributed by atoms with Gasteiger partial charge in [-0.1, -0.05) is 16.8 Å². The molecule has 1 amide bonds. The number of anilines is 2. The second-order valence-corrected chi connectivity index (χ2v) is 7.42. The molecule has 1 saturated heterocycles. The van der Waals surface area contributed by atoms with Crippen molar-refractivity contribution in [2.45, 2.75) is 12.8 Å². The zero-order chi connectivity index (χ0) is 21.1. The molecule has 4 rings (SSSR count). The smallest absolute Gasteiger partial charge is 0.324 e. The van der Waals surface area contributed by atoms with Crippen molar-refractivity contribution in [3.8, 4) is 17.1 Å². The van der Waals surface area contributed by atoms with Gasteiger partial charge in [-0.2, -0.15) is 4.98 Å². The molecule has 3 aromatic rings. The first-order chi connectivity index (χ1) is 14.5. The fourth-order valence-electron chi connectivity index (χ4n) is 3.35. The van der Waals surface area contributed by atoms with E-state index in [0.29, 0.717) is 43.5 Å². The Balaban J connectivity index is 1.34. The average Bonchev–Trinajstić information content (AvgIpc) is 3.27. The van der Waals surface area contributed by atoms with E-state index in [0.717, 1.165) is 11.3 Å². The van der Waals surface area contributed by atoms with E-state index < -0.39 is 5.82 Å². The van der Waals surface area contributed by atoms with Crippen molar-refractivity contribution in [2.75, 3.05) is 30.4 Å². The van der Waals surface area contributed by atoms with Crippen LogP contribution in [0.4, 0.5) is 16.1 Å². The minimum atomic E-state index is -0.517. The molecule has 0 spiro atoms. The Hall–Kier alpha value is -3.13. The highest BCUT2D eigenvalue weighted by atomic mass is 35.5. The first kappa shape index (κ1) is 20.2. The van der Waals surface area contributed by atoms with E-state index in [1.54, 1.807) is 7.11 Å². The molecular weight excluding hydrogens is 411 g/mol. The summed E-state index contributed by atoms with van der Waals surface area (Å²) in [7, 11) is 1.61. The lowest BCUT2D eigenvalue weighted by Crippen LogP contribution is -2.38. The molecule has 1 aliphatic rings. The van der Waals surface area contributed by atoms with E-state index in [-0.39, 0.29) is 16.8 Å². The van der Waals surface area contributed by atoms with Gasteiger partial charge in [0.1, 0.15) is 11.6 Å². The molecule has 2 aromatic carbocycles. The molecule has 1 aromatic heterocycles. The summed E-state index contributed by atoms with van der Waals surface area (Å²) in [4.78, 5) is 19.0. The number of carbonyl (C=O) groups is 1. The fraction of sp³-hybridized carbons (Fsp3) is 0.286. The van der Waals surface area contributed by atoms with E-state index in [9.17, 15) is 9.18 Å². The predicted octanol–water partition coefficient (Wildman–Crippen LogP) is 4.39. The van der Waals surface area contributed by atoms with Crippen LogP contribution in [0, 0.1) is 11.7 Å². The van der Waals surface area contributed by atoms with Gasteiger partial charge in [-0.15, -0.1) is 0 Å². The highest BCUT2D eigenvalue weighted by Crippen LogP contribution is 2.27. The maximum absolute atomic E-state index is 13.3. The van der Waals surface area contributed by atoms with Crippen molar-refractivity contribution in [1.82, 2.24) is 10.1 Å². The van der Waals surface area contributed by atoms with Crippen LogP contribution >= 0.6 is 11.6 Å². The summed E-state index contributed by atoms with van der Waals surface area (Å²) < 4.78 is 23.8. The maximum atomic E-state index is 13.3. The Morgan fingerprint density at radius 3 is 2.63 bits per heavy atom. The molecule has 1 N–H and O–H groups in total. The van der Waals surface area contributed by atoms with Crippen molar-refractivity contribution in [1.29, 1.82) is 0 Å². The first-order valence-corrected chi connectivity index (χ1v) is 9.90. The van der Waals surface area contributed by atoms with Crippen molar-refractivity contribution < 1.29 is 18.4 Å². The zero-order valence-electron chi connectivity index (χ0n) is 16.3. The zero-order valence-corrected chi connectivity index (χ0v) is 17.0. The Bertz CT molecular complexity index is 1030. The summed E-state index contributed by atoms with van der Waals surface area (Å²) in [5, 5.41) is 6.83. The van der Waals surface area contributed by atoms with E-state index in [1.807, 2.05) is 29.2 Å². The molecule has 0 radical (unpaired) electrons. The van der Waals surface area contributed by atoms with Crippen molar-refractivity contribution in [3.63, 3.8) is 0 Å². The highest BCUT2D eigenvalue weighted by molar-refractivity contribution is 6.31. The van der Waals surface area contributed by atoms with Crippen LogP contribution in [0.3, 0.4) is 0 Å². The number of rotatable bonds is 5. The third-order valence-electron chi connectivity index (χ3n) is 5.09. The summed E-state index contributed by atoms with van der Waals surface area (Å²) in [6.45, 7) is 1.24. The molecule has 0 bridgehead atoms. The van der Waals surface area contributed by atoms with E-state index >= 15 is 0 Å². The third-order valence-corrected chi connectivity index (χ3v) is 5.38. The van der Waals surface area contributed by atoms with Gasteiger partial charge < -0.3 is 19.5 Å². The molecule has 1 aliphatic heterocycles. The number of amides is 1. The van der Waals surface area contributed by atoms with Crippen LogP contribution in [0.2, 0.25) is 5.02 Å². The molecular formula is C21H20ClFN4O3. The molecule has 30 heavy (non-hydrogen) atoms. The first-order valence-electron chi connectivity index (χ1n) is 9.52. The third kappa shape index (κ3) is 4.38. The minimum Gasteiger partial charge on any atom is -0.497 e. The topological polar surface area (TPSA) is 80.5 Å². The van der Waals surface area contributed by atoms with Crippen LogP contribution in [0.25, 0.3) is 11.4 Å². The van der Waals surface area contributed by atoms with Gasteiger partial charge in [-0.3, -0.25) is 4.79 Å². The molecule has 7 nitrogen and oxygen atoms in total. The lowest BCUT2D eigenvalue weighted by molar-refractivity contribution is -0.120. The monoisotopic (exact) mass is 430 g/mol. The number of nitrogens with zero attached hydrogens (tertiary/aromatic N) is 3. The lowest BCUT2D eigenvalue weighted by atomic mass is 9.96. The number of carbonyl (C=O) groups excluding carboxylic acids is 1. The Morgan fingerprint density at radius 2 is 1.97 bits per heavy atom. The van der Waals surface area contributed by atoms with Crippen molar-refractivity contribution in [2.24, 2.45) is 5.92 Å². The summed E-state index contributed by atoms with van der Waals surface area (Å²) in [6.07, 6.45) is 1.28. The van der Waals surface area contributed by atoms with Gasteiger partial charge in [0.2, 0.25) is 11.7 Å². The number of hydrogen-bond donors (Lipinski definition) is 1. The summed E-state index contributed by atoms with van der Waals surface area (Å²) in [5.74, 6) is 0.471. The summed E-state index contributed by atoms with van der Waals surface area (Å²) in [5.41, 5.74) is 1.31. The standard InChI is InChI=1S/C21H20ClFN4O3/c1-29-16-5-2-13(3-6-16)19-25-21(30-26-19)27-10-8-14(9-11-27)20(28)24-15-4-7-18(23)17(22)12-15/h2-7,12,14H,8-11H2,1H3,(H,24,28). The number of methoxy groups -OCH3 is 1. The van der Waals surface area contributed by atoms with Gasteiger partial charge in [-0.05, 0) is 55.3 Å². The molecule has 0 unspecified atom stereocenters. The van der Waals surface area contributed by atoms with Gasteiger partial charge in [0.15, 0.2) is 0 Å². The van der Waals surface area contributed by atoms with E-state index in [4.69, 9.17) is 20.9 Å². The highest BCUT2D eigenvalue weighted by Gasteiger charge is 2.27. The molecule has 0 aliphatic carbocycles. The van der Waals surface area contributed by atoms with Gasteiger partial charge in [0.25, 0.3) is 0 Å². The number of aromatic nitrogens is 2. The van der Waals surface area contributed by atoms with Gasteiger partial charge in [0, 0.05) is 30.3 Å². The van der Waals surface area contributed by atoms with Gasteiger partial charge in [-0.25, -0.2) is 4.39 Å². The van der Waals surface area contributed by atoms with Crippen LogP contribution in [-0.4, -0.2) is 36.2 Å². The molecule has 0 saturated carbocycles. The number of benzene rings is 2. The summed E-state index contributed by atoms with van der Waals surface area (Å²) >= 11 is 5.77. The van der Waals surface area contributed by atoms with E-state index in [2.05, 4.69) is 15.5 Å². The number of nitrogens with one attached hydrogen (secondary N) is 1. The maximum Gasteiger partial charge on any atom is 0.324 e. The SMILES string of the molecule is COc1ccc(-c2noc(N3CCC(C(=O)Nc4ccc(F)c(Cl)c4)CC3)n2)cc1. The van der Waals surface area contributed by atoms with E-state index in [1.165, 1.54) is 18.2 Å². The number of piperidine rings is 1. The number of ether oxygens (including phenoxy) is 1. The van der Waals surface area contributed by atoms with Crippen LogP contribution in [0.15, 0.2) is 47.0 Å². The Morgan fingerprint density at radius 1 is 1.23 bits per heavy atom. The fourth-order valence-corrected chi connectivity index (χ4v) is 3.53. The average molecular weight is 431 g/mol. The Labute approximate surface area is 177 Å².